The molecule has 2 amide bonds. The maximum Gasteiger partial charge on any atom is 0.414 e. The molecule has 1 aliphatic rings. The molecule has 0 spiro atoms. The van der Waals surface area contributed by atoms with Crippen molar-refractivity contribution in [3.05, 3.63) is 18.2 Å². The highest BCUT2D eigenvalue weighted by atomic mass is 16.5. The van der Waals surface area contributed by atoms with Crippen molar-refractivity contribution in [2.45, 2.75) is 71.8 Å². The Balaban J connectivity index is 2.03. The van der Waals surface area contributed by atoms with Crippen LogP contribution in [0.4, 0.5) is 4.79 Å². The Hall–Kier alpha value is -2.38. The minimum atomic E-state index is -1.18. The van der Waals surface area contributed by atoms with Crippen LogP contribution in [0, 0.1) is 11.3 Å². The highest BCUT2D eigenvalue weighted by Crippen LogP contribution is 2.46. The summed E-state index contributed by atoms with van der Waals surface area (Å²) in [6.07, 6.45) is 6.65. The van der Waals surface area contributed by atoms with E-state index in [-0.39, 0.29) is 30.4 Å². The van der Waals surface area contributed by atoms with Crippen molar-refractivity contribution in [1.82, 2.24) is 14.5 Å². The number of aryl methyl sites for hydroxylation is 1. The maximum atomic E-state index is 13.1. The summed E-state index contributed by atoms with van der Waals surface area (Å²) in [6.45, 7) is 5.82. The quantitative estimate of drug-likeness (QED) is 0.471. The Morgan fingerprint density at radius 2 is 2.07 bits per heavy atom. The fourth-order valence-corrected chi connectivity index (χ4v) is 4.32. The van der Waals surface area contributed by atoms with Crippen LogP contribution in [0.25, 0.3) is 0 Å². The molecule has 2 atom stereocenters. The van der Waals surface area contributed by atoms with Crippen LogP contribution in [0.15, 0.2) is 12.5 Å². The van der Waals surface area contributed by atoms with Crippen LogP contribution >= 0.6 is 0 Å². The molecule has 1 fully saturated rings. The van der Waals surface area contributed by atoms with Gasteiger partial charge in [0.2, 0.25) is 5.91 Å². The van der Waals surface area contributed by atoms with Gasteiger partial charge in [-0.3, -0.25) is 9.59 Å². The highest BCUT2D eigenvalue weighted by molar-refractivity contribution is 5.97. The molecular weight excluding hydrogens is 374 g/mol. The number of esters is 1. The number of carbonyl (C=O) groups excluding carboxylic acids is 2. The first-order chi connectivity index (χ1) is 13.7. The standard InChI is InChI=1S/C21H33N3O5/c1-5-21(10-8-6-7-9-18(25)29-15(2)3)16(11-17-12-22-14-23(17)4)13-24(19(21)26)20(27)28/h12,14-16H,5-11,13H2,1-4H3,(H,27,28)/t16-,21+/m0/s1. The van der Waals surface area contributed by atoms with Gasteiger partial charge >= 0.3 is 12.1 Å². The monoisotopic (exact) mass is 407 g/mol. The molecular formula is C21H33N3O5. The zero-order valence-corrected chi connectivity index (χ0v) is 17.9. The number of unbranched alkanes of at least 4 members (excludes halogenated alkanes) is 2. The number of rotatable bonds is 10. The second kappa shape index (κ2) is 9.89. The van der Waals surface area contributed by atoms with E-state index >= 15 is 0 Å². The number of imide groups is 1. The van der Waals surface area contributed by atoms with Crippen LogP contribution in [0.1, 0.15) is 65.0 Å². The van der Waals surface area contributed by atoms with Gasteiger partial charge < -0.3 is 14.4 Å². The summed E-state index contributed by atoms with van der Waals surface area (Å²) < 4.78 is 7.05. The molecule has 29 heavy (non-hydrogen) atoms. The molecule has 162 valence electrons. The number of carbonyl (C=O) groups is 3. The van der Waals surface area contributed by atoms with Gasteiger partial charge in [-0.2, -0.15) is 0 Å². The van der Waals surface area contributed by atoms with Gasteiger partial charge in [0, 0.05) is 31.9 Å². The lowest BCUT2D eigenvalue weighted by Gasteiger charge is -2.32. The van der Waals surface area contributed by atoms with E-state index in [4.69, 9.17) is 4.74 Å². The molecule has 1 aromatic rings. The molecule has 1 aromatic heterocycles. The summed E-state index contributed by atoms with van der Waals surface area (Å²) in [5, 5.41) is 9.49. The molecule has 1 N–H and O–H groups in total. The topological polar surface area (TPSA) is 102 Å². The van der Waals surface area contributed by atoms with Gasteiger partial charge in [0.25, 0.3) is 0 Å². The number of carboxylic acid groups (broad SMARTS) is 1. The average molecular weight is 408 g/mol. The molecule has 0 aliphatic carbocycles. The minimum absolute atomic E-state index is 0.0857. The largest absolute Gasteiger partial charge is 0.465 e. The van der Waals surface area contributed by atoms with E-state index in [0.29, 0.717) is 32.1 Å². The number of hydrogen-bond donors (Lipinski definition) is 1. The van der Waals surface area contributed by atoms with Crippen LogP contribution in [0.3, 0.4) is 0 Å². The smallest absolute Gasteiger partial charge is 0.414 e. The molecule has 0 saturated carbocycles. The molecule has 0 bridgehead atoms. The first kappa shape index (κ1) is 22.9. The first-order valence-electron chi connectivity index (χ1n) is 10.4. The van der Waals surface area contributed by atoms with Crippen LogP contribution < -0.4 is 0 Å². The lowest BCUT2D eigenvalue weighted by Crippen LogP contribution is -2.38. The van der Waals surface area contributed by atoms with Gasteiger partial charge in [0.15, 0.2) is 0 Å². The molecule has 0 unspecified atom stereocenters. The second-order valence-corrected chi connectivity index (χ2v) is 8.20. The summed E-state index contributed by atoms with van der Waals surface area (Å²) in [7, 11) is 1.90. The van der Waals surface area contributed by atoms with E-state index in [1.807, 2.05) is 32.4 Å². The summed E-state index contributed by atoms with van der Waals surface area (Å²) in [4.78, 5) is 41.5. The number of nitrogens with zero attached hydrogens (tertiary/aromatic N) is 3. The van der Waals surface area contributed by atoms with Crippen LogP contribution in [0.5, 0.6) is 0 Å². The maximum absolute atomic E-state index is 13.1. The van der Waals surface area contributed by atoms with E-state index in [2.05, 4.69) is 4.98 Å². The fourth-order valence-electron chi connectivity index (χ4n) is 4.32. The molecule has 2 rings (SSSR count). The normalized spacial score (nSPS) is 21.8. The number of ether oxygens (including phenoxy) is 1. The number of aromatic nitrogens is 2. The van der Waals surface area contributed by atoms with Gasteiger partial charge in [-0.15, -0.1) is 0 Å². The number of amides is 2. The van der Waals surface area contributed by atoms with E-state index in [0.717, 1.165) is 23.4 Å². The Bertz CT molecular complexity index is 730. The van der Waals surface area contributed by atoms with Gasteiger partial charge in [0.1, 0.15) is 0 Å². The highest BCUT2D eigenvalue weighted by Gasteiger charge is 2.54. The molecule has 1 aliphatic heterocycles. The summed E-state index contributed by atoms with van der Waals surface area (Å²) >= 11 is 0. The van der Waals surface area contributed by atoms with E-state index < -0.39 is 11.5 Å². The van der Waals surface area contributed by atoms with Crippen molar-refractivity contribution in [2.24, 2.45) is 18.4 Å². The predicted molar refractivity (Wildman–Crippen MR) is 107 cm³/mol. The third-order valence-corrected chi connectivity index (χ3v) is 5.96. The summed E-state index contributed by atoms with van der Waals surface area (Å²) in [6, 6.07) is 0. The average Bonchev–Trinajstić information content (AvgIpc) is 3.16. The van der Waals surface area contributed by atoms with Crippen molar-refractivity contribution in [1.29, 1.82) is 0 Å². The zero-order chi connectivity index (χ0) is 21.6. The van der Waals surface area contributed by atoms with Crippen LogP contribution in [0.2, 0.25) is 0 Å². The van der Waals surface area contributed by atoms with Gasteiger partial charge in [-0.05, 0) is 45.4 Å². The SMILES string of the molecule is CC[C@]1(CCCCCC(=O)OC(C)C)C(=O)N(C(=O)O)C[C@@H]1Cc1cncn1C. The number of hydrogen-bond acceptors (Lipinski definition) is 5. The van der Waals surface area contributed by atoms with Crippen molar-refractivity contribution < 1.29 is 24.2 Å². The van der Waals surface area contributed by atoms with Crippen molar-refractivity contribution in [2.75, 3.05) is 6.54 Å². The molecule has 0 aromatic carbocycles. The van der Waals surface area contributed by atoms with Crippen molar-refractivity contribution in [3.8, 4) is 0 Å². The third kappa shape index (κ3) is 5.36. The van der Waals surface area contributed by atoms with Gasteiger partial charge in [0.05, 0.1) is 17.8 Å². The van der Waals surface area contributed by atoms with Gasteiger partial charge in [-0.1, -0.05) is 19.8 Å². The van der Waals surface area contributed by atoms with E-state index in [1.165, 1.54) is 0 Å². The summed E-state index contributed by atoms with van der Waals surface area (Å²) in [5.41, 5.74) is 0.297. The lowest BCUT2D eigenvalue weighted by atomic mass is 9.70. The number of imidazole rings is 1. The minimum Gasteiger partial charge on any atom is -0.465 e. The van der Waals surface area contributed by atoms with Crippen LogP contribution in [-0.2, 0) is 27.8 Å². The molecule has 8 nitrogen and oxygen atoms in total. The molecule has 2 heterocycles. The van der Waals surface area contributed by atoms with E-state index in [1.54, 1.807) is 12.5 Å². The molecule has 0 radical (unpaired) electrons. The van der Waals surface area contributed by atoms with E-state index in [9.17, 15) is 19.5 Å². The molecule has 1 saturated heterocycles. The summed E-state index contributed by atoms with van der Waals surface area (Å²) in [5.74, 6) is -0.579. The lowest BCUT2D eigenvalue weighted by molar-refractivity contribution is -0.147. The predicted octanol–water partition coefficient (Wildman–Crippen LogP) is 3.40. The zero-order valence-electron chi connectivity index (χ0n) is 17.9. The Kier molecular flexibility index (Phi) is 7.81. The Labute approximate surface area is 172 Å². The third-order valence-electron chi connectivity index (χ3n) is 5.96. The Morgan fingerprint density at radius 1 is 1.34 bits per heavy atom. The second-order valence-electron chi connectivity index (χ2n) is 8.20. The van der Waals surface area contributed by atoms with Crippen LogP contribution in [-0.4, -0.2) is 50.2 Å². The molecule has 8 heteroatoms. The van der Waals surface area contributed by atoms with Gasteiger partial charge in [-0.25, -0.2) is 14.7 Å². The first-order valence-corrected chi connectivity index (χ1v) is 10.4. The fraction of sp³-hybridized carbons (Fsp3) is 0.714. The Morgan fingerprint density at radius 3 is 2.62 bits per heavy atom. The van der Waals surface area contributed by atoms with Crippen molar-refractivity contribution >= 4 is 18.0 Å². The van der Waals surface area contributed by atoms with Crippen molar-refractivity contribution in [3.63, 3.8) is 0 Å². The number of likely N-dealkylation sites (tertiary alicyclic amines) is 1.